The van der Waals surface area contributed by atoms with E-state index in [4.69, 9.17) is 27.9 Å². The minimum atomic E-state index is -0.329. The number of hydrogen-bond donors (Lipinski definition) is 0. The largest absolute Gasteiger partial charge is 0.466 e. The normalized spacial score (nSPS) is 14.7. The first kappa shape index (κ1) is 13.9. The molecular weight excluding hydrogens is 311 g/mol. The van der Waals surface area contributed by atoms with Crippen molar-refractivity contribution in [1.82, 2.24) is 0 Å². The van der Waals surface area contributed by atoms with Gasteiger partial charge in [-0.1, -0.05) is 47.5 Å². The Balaban J connectivity index is 2.07. The van der Waals surface area contributed by atoms with Crippen molar-refractivity contribution in [3.8, 4) is 0 Å². The monoisotopic (exact) mass is 320 g/mol. The summed E-state index contributed by atoms with van der Waals surface area (Å²) >= 11 is 12.3. The predicted molar refractivity (Wildman–Crippen MR) is 82.9 cm³/mol. The number of anilines is 1. The Morgan fingerprint density at radius 1 is 1.00 bits per heavy atom. The summed E-state index contributed by atoms with van der Waals surface area (Å²) in [5.41, 5.74) is 1.14. The molecule has 0 fully saturated rings. The van der Waals surface area contributed by atoms with Gasteiger partial charge in [-0.25, -0.2) is 0 Å². The second kappa shape index (κ2) is 5.76. The molecule has 106 valence electrons. The number of halogens is 2. The first-order chi connectivity index (χ1) is 10.2. The van der Waals surface area contributed by atoms with Crippen molar-refractivity contribution in [3.05, 3.63) is 64.1 Å². The molecule has 0 atom stereocenters. The fourth-order valence-electron chi connectivity index (χ4n) is 1.95. The number of nitrogens with zero attached hydrogens (tertiary/aromatic N) is 2. The summed E-state index contributed by atoms with van der Waals surface area (Å²) < 4.78 is 5.38. The van der Waals surface area contributed by atoms with E-state index in [1.807, 2.05) is 30.3 Å². The standard InChI is InChI=1S/C15H10Cl2N2O2/c16-11-7-4-8-12(17)14(11)19-13(20)9-21-15(18-19)10-5-2-1-3-6-10/h1-8H,9H2. The molecule has 2 aromatic rings. The van der Waals surface area contributed by atoms with Crippen molar-refractivity contribution < 1.29 is 9.53 Å². The van der Waals surface area contributed by atoms with Crippen LogP contribution in [-0.4, -0.2) is 18.4 Å². The number of ether oxygens (including phenoxy) is 1. The minimum Gasteiger partial charge on any atom is -0.466 e. The zero-order valence-electron chi connectivity index (χ0n) is 10.8. The molecule has 1 aliphatic heterocycles. The van der Waals surface area contributed by atoms with E-state index in [0.29, 0.717) is 21.6 Å². The lowest BCUT2D eigenvalue weighted by molar-refractivity contribution is -0.121. The molecule has 2 aromatic carbocycles. The smallest absolute Gasteiger partial charge is 0.285 e. The van der Waals surface area contributed by atoms with Gasteiger partial charge in [-0.05, 0) is 24.3 Å². The second-order valence-corrected chi connectivity index (χ2v) is 5.15. The SMILES string of the molecule is O=C1COC(c2ccccc2)=NN1c1c(Cl)cccc1Cl. The zero-order valence-corrected chi connectivity index (χ0v) is 12.3. The highest BCUT2D eigenvalue weighted by Gasteiger charge is 2.27. The summed E-state index contributed by atoms with van der Waals surface area (Å²) in [6, 6.07) is 14.3. The molecule has 1 amide bonds. The topological polar surface area (TPSA) is 41.9 Å². The Hall–Kier alpha value is -2.04. The summed E-state index contributed by atoms with van der Waals surface area (Å²) in [5, 5.41) is 6.14. The molecule has 1 heterocycles. The number of benzene rings is 2. The van der Waals surface area contributed by atoms with E-state index in [1.54, 1.807) is 18.2 Å². The molecule has 4 nitrogen and oxygen atoms in total. The van der Waals surface area contributed by atoms with E-state index in [1.165, 1.54) is 5.01 Å². The number of carbonyl (C=O) groups is 1. The van der Waals surface area contributed by atoms with Gasteiger partial charge in [-0.3, -0.25) is 4.79 Å². The first-order valence-corrected chi connectivity index (χ1v) is 6.96. The average molecular weight is 321 g/mol. The van der Waals surface area contributed by atoms with Gasteiger partial charge in [0.25, 0.3) is 5.91 Å². The van der Waals surface area contributed by atoms with E-state index in [-0.39, 0.29) is 12.5 Å². The Morgan fingerprint density at radius 2 is 1.67 bits per heavy atom. The van der Waals surface area contributed by atoms with Crippen LogP contribution < -0.4 is 5.01 Å². The fourth-order valence-corrected chi connectivity index (χ4v) is 2.51. The van der Waals surface area contributed by atoms with Crippen LogP contribution in [0.5, 0.6) is 0 Å². The van der Waals surface area contributed by atoms with E-state index in [2.05, 4.69) is 5.10 Å². The van der Waals surface area contributed by atoms with Crippen LogP contribution in [0.3, 0.4) is 0 Å². The Kier molecular flexibility index (Phi) is 3.82. The highest BCUT2D eigenvalue weighted by Crippen LogP contribution is 2.34. The van der Waals surface area contributed by atoms with Crippen molar-refractivity contribution in [1.29, 1.82) is 0 Å². The van der Waals surface area contributed by atoms with Crippen LogP contribution in [0, 0.1) is 0 Å². The van der Waals surface area contributed by atoms with E-state index in [0.717, 1.165) is 5.56 Å². The molecule has 3 rings (SSSR count). The molecule has 0 unspecified atom stereocenters. The lowest BCUT2D eigenvalue weighted by Gasteiger charge is -2.25. The number of carbonyl (C=O) groups excluding carboxylic acids is 1. The lowest BCUT2D eigenvalue weighted by atomic mass is 10.2. The third kappa shape index (κ3) is 2.73. The van der Waals surface area contributed by atoms with Crippen LogP contribution in [0.1, 0.15) is 5.56 Å². The molecule has 21 heavy (non-hydrogen) atoms. The summed E-state index contributed by atoms with van der Waals surface area (Å²) in [5.74, 6) is 0.0240. The van der Waals surface area contributed by atoms with Gasteiger partial charge in [0.2, 0.25) is 5.90 Å². The number of para-hydroxylation sites is 1. The quantitative estimate of drug-likeness (QED) is 0.846. The van der Waals surface area contributed by atoms with Gasteiger partial charge < -0.3 is 4.74 Å². The first-order valence-electron chi connectivity index (χ1n) is 6.20. The zero-order chi connectivity index (χ0) is 14.8. The molecular formula is C15H10Cl2N2O2. The predicted octanol–water partition coefficient (Wildman–Crippen LogP) is 3.72. The second-order valence-electron chi connectivity index (χ2n) is 4.34. The summed E-state index contributed by atoms with van der Waals surface area (Å²) in [6.07, 6.45) is 0. The minimum absolute atomic E-state index is 0.116. The molecule has 0 saturated carbocycles. The van der Waals surface area contributed by atoms with Crippen LogP contribution >= 0.6 is 23.2 Å². The summed E-state index contributed by atoms with van der Waals surface area (Å²) in [4.78, 5) is 12.1. The van der Waals surface area contributed by atoms with E-state index >= 15 is 0 Å². The summed E-state index contributed by atoms with van der Waals surface area (Å²) in [7, 11) is 0. The Labute approximate surface area is 131 Å². The Bertz CT molecular complexity index is 697. The molecule has 0 radical (unpaired) electrons. The van der Waals surface area contributed by atoms with Crippen LogP contribution in [0.15, 0.2) is 53.6 Å². The Morgan fingerprint density at radius 3 is 2.33 bits per heavy atom. The number of hydrogen-bond acceptors (Lipinski definition) is 3. The average Bonchev–Trinajstić information content (AvgIpc) is 2.50. The fraction of sp³-hybridized carbons (Fsp3) is 0.0667. The third-order valence-electron chi connectivity index (χ3n) is 2.93. The molecule has 0 aliphatic carbocycles. The van der Waals surface area contributed by atoms with Gasteiger partial charge in [-0.15, -0.1) is 5.10 Å². The molecule has 0 N–H and O–H groups in total. The number of rotatable bonds is 2. The number of hydrazone groups is 1. The van der Waals surface area contributed by atoms with Crippen molar-refractivity contribution in [3.63, 3.8) is 0 Å². The molecule has 0 bridgehead atoms. The van der Waals surface area contributed by atoms with Gasteiger partial charge >= 0.3 is 0 Å². The van der Waals surface area contributed by atoms with Gasteiger partial charge in [0, 0.05) is 5.56 Å². The maximum absolute atomic E-state index is 12.1. The van der Waals surface area contributed by atoms with Crippen LogP contribution in [0.25, 0.3) is 0 Å². The molecule has 0 spiro atoms. The van der Waals surface area contributed by atoms with Crippen molar-refractivity contribution in [2.75, 3.05) is 11.6 Å². The molecule has 6 heteroatoms. The highest BCUT2D eigenvalue weighted by molar-refractivity contribution is 6.40. The maximum atomic E-state index is 12.1. The third-order valence-corrected chi connectivity index (χ3v) is 3.54. The van der Waals surface area contributed by atoms with Crippen molar-refractivity contribution in [2.24, 2.45) is 5.10 Å². The van der Waals surface area contributed by atoms with Gasteiger partial charge in [0.05, 0.1) is 10.0 Å². The molecule has 1 aliphatic rings. The lowest BCUT2D eigenvalue weighted by Crippen LogP contribution is -2.37. The van der Waals surface area contributed by atoms with Crippen LogP contribution in [-0.2, 0) is 9.53 Å². The highest BCUT2D eigenvalue weighted by atomic mass is 35.5. The van der Waals surface area contributed by atoms with Gasteiger partial charge in [0.15, 0.2) is 6.61 Å². The number of amides is 1. The van der Waals surface area contributed by atoms with Crippen LogP contribution in [0.4, 0.5) is 5.69 Å². The van der Waals surface area contributed by atoms with Gasteiger partial charge in [-0.2, -0.15) is 5.01 Å². The van der Waals surface area contributed by atoms with Crippen LogP contribution in [0.2, 0.25) is 10.0 Å². The van der Waals surface area contributed by atoms with Crippen molar-refractivity contribution in [2.45, 2.75) is 0 Å². The molecule has 0 aromatic heterocycles. The molecule has 0 saturated heterocycles. The van der Waals surface area contributed by atoms with Crippen molar-refractivity contribution >= 4 is 40.7 Å². The van der Waals surface area contributed by atoms with E-state index in [9.17, 15) is 4.79 Å². The summed E-state index contributed by atoms with van der Waals surface area (Å²) in [6.45, 7) is -0.116. The van der Waals surface area contributed by atoms with Gasteiger partial charge in [0.1, 0.15) is 5.69 Å². The maximum Gasteiger partial charge on any atom is 0.285 e. The van der Waals surface area contributed by atoms with E-state index < -0.39 is 0 Å².